The summed E-state index contributed by atoms with van der Waals surface area (Å²) in [6.07, 6.45) is 8.53. The van der Waals surface area contributed by atoms with E-state index in [1.54, 1.807) is 0 Å². The monoisotopic (exact) mass is 227 g/mol. The molecule has 0 aliphatic heterocycles. The smallest absolute Gasteiger partial charge is 0.0548 e. The maximum absolute atomic E-state index is 6.08. The Labute approximate surface area is 100 Å². The number of nitrogens with one attached hydrogen (secondary N) is 1. The maximum Gasteiger partial charge on any atom is 0.0548 e. The molecule has 16 heavy (non-hydrogen) atoms. The Morgan fingerprint density at radius 1 is 1.25 bits per heavy atom. The van der Waals surface area contributed by atoms with Crippen molar-refractivity contribution in [2.24, 2.45) is 17.4 Å². The van der Waals surface area contributed by atoms with Crippen LogP contribution in [-0.4, -0.2) is 18.2 Å². The summed E-state index contributed by atoms with van der Waals surface area (Å²) in [6.45, 7) is 4.51. The third-order valence-corrected chi connectivity index (χ3v) is 3.55. The van der Waals surface area contributed by atoms with Gasteiger partial charge in [0.05, 0.1) is 6.17 Å². The Balaban J connectivity index is 2.19. The summed E-state index contributed by atoms with van der Waals surface area (Å²) >= 11 is 0. The third-order valence-electron chi connectivity index (χ3n) is 3.55. The van der Waals surface area contributed by atoms with Crippen LogP contribution in [0.2, 0.25) is 0 Å². The zero-order chi connectivity index (χ0) is 12.0. The standard InChI is InChI=1S/C13H29N3/c1-3-4-5-6-13(15)16-12-8-10(2)7-11(14)9-12/h10-13,16H,3-9,14-15H2,1-2H3. The van der Waals surface area contributed by atoms with E-state index in [4.69, 9.17) is 11.5 Å². The number of unbranched alkanes of at least 4 members (excludes halogenated alkanes) is 2. The molecule has 0 aromatic heterocycles. The van der Waals surface area contributed by atoms with E-state index in [2.05, 4.69) is 19.2 Å². The van der Waals surface area contributed by atoms with Crippen LogP contribution in [0.4, 0.5) is 0 Å². The van der Waals surface area contributed by atoms with Crippen LogP contribution in [0.25, 0.3) is 0 Å². The minimum absolute atomic E-state index is 0.161. The average molecular weight is 227 g/mol. The molecule has 1 rings (SSSR count). The van der Waals surface area contributed by atoms with Crippen LogP contribution >= 0.6 is 0 Å². The summed E-state index contributed by atoms with van der Waals surface area (Å²) in [5.74, 6) is 0.740. The van der Waals surface area contributed by atoms with Gasteiger partial charge >= 0.3 is 0 Å². The molecular formula is C13H29N3. The molecule has 3 nitrogen and oxygen atoms in total. The van der Waals surface area contributed by atoms with Gasteiger partial charge in [0, 0.05) is 12.1 Å². The SMILES string of the molecule is CCCCCC(N)NC1CC(C)CC(N)C1. The topological polar surface area (TPSA) is 64.1 Å². The molecule has 0 amide bonds. The van der Waals surface area contributed by atoms with E-state index in [0.29, 0.717) is 12.1 Å². The molecule has 0 bridgehead atoms. The predicted octanol–water partition coefficient (Wildman–Crippen LogP) is 1.96. The van der Waals surface area contributed by atoms with Crippen molar-refractivity contribution in [1.82, 2.24) is 5.32 Å². The normalized spacial score (nSPS) is 32.6. The van der Waals surface area contributed by atoms with E-state index in [1.165, 1.54) is 32.1 Å². The van der Waals surface area contributed by atoms with Crippen LogP contribution in [0.3, 0.4) is 0 Å². The van der Waals surface area contributed by atoms with Crippen LogP contribution in [-0.2, 0) is 0 Å². The Hall–Kier alpha value is -0.120. The number of hydrogen-bond acceptors (Lipinski definition) is 3. The van der Waals surface area contributed by atoms with Gasteiger partial charge in [-0.25, -0.2) is 0 Å². The molecule has 0 spiro atoms. The van der Waals surface area contributed by atoms with Crippen molar-refractivity contribution in [3.05, 3.63) is 0 Å². The molecule has 1 fully saturated rings. The largest absolute Gasteiger partial charge is 0.328 e. The second-order valence-corrected chi connectivity index (χ2v) is 5.54. The molecule has 3 heteroatoms. The van der Waals surface area contributed by atoms with Crippen LogP contribution in [0, 0.1) is 5.92 Å². The van der Waals surface area contributed by atoms with Gasteiger partial charge in [-0.2, -0.15) is 0 Å². The molecule has 96 valence electrons. The number of rotatable bonds is 6. The van der Waals surface area contributed by atoms with E-state index in [9.17, 15) is 0 Å². The second-order valence-electron chi connectivity index (χ2n) is 5.54. The zero-order valence-electron chi connectivity index (χ0n) is 10.9. The fraction of sp³-hybridized carbons (Fsp3) is 1.00. The van der Waals surface area contributed by atoms with Gasteiger partial charge in [0.1, 0.15) is 0 Å². The van der Waals surface area contributed by atoms with Gasteiger partial charge in [0.25, 0.3) is 0 Å². The fourth-order valence-electron chi connectivity index (χ4n) is 2.79. The first-order valence-corrected chi connectivity index (χ1v) is 6.89. The van der Waals surface area contributed by atoms with Crippen LogP contribution < -0.4 is 16.8 Å². The van der Waals surface area contributed by atoms with Crippen LogP contribution in [0.15, 0.2) is 0 Å². The molecule has 1 saturated carbocycles. The quantitative estimate of drug-likeness (QED) is 0.480. The predicted molar refractivity (Wildman–Crippen MR) is 70.0 cm³/mol. The number of nitrogens with two attached hydrogens (primary N) is 2. The molecule has 0 radical (unpaired) electrons. The summed E-state index contributed by atoms with van der Waals surface area (Å²) in [7, 11) is 0. The van der Waals surface area contributed by atoms with Gasteiger partial charge in [-0.15, -0.1) is 0 Å². The molecule has 4 atom stereocenters. The fourth-order valence-corrected chi connectivity index (χ4v) is 2.79. The van der Waals surface area contributed by atoms with E-state index < -0.39 is 0 Å². The first kappa shape index (κ1) is 13.9. The summed E-state index contributed by atoms with van der Waals surface area (Å²) in [5.41, 5.74) is 12.1. The van der Waals surface area contributed by atoms with Crippen molar-refractivity contribution in [2.45, 2.75) is 77.0 Å². The van der Waals surface area contributed by atoms with Crippen molar-refractivity contribution in [3.63, 3.8) is 0 Å². The lowest BCUT2D eigenvalue weighted by Crippen LogP contribution is -2.49. The molecule has 1 aliphatic carbocycles. The lowest BCUT2D eigenvalue weighted by Gasteiger charge is -2.33. The molecule has 0 saturated heterocycles. The van der Waals surface area contributed by atoms with Gasteiger partial charge in [0.2, 0.25) is 0 Å². The highest BCUT2D eigenvalue weighted by atomic mass is 15.1. The zero-order valence-corrected chi connectivity index (χ0v) is 10.9. The molecule has 4 unspecified atom stereocenters. The first-order valence-electron chi connectivity index (χ1n) is 6.89. The summed E-state index contributed by atoms with van der Waals surface area (Å²) in [6, 6.07) is 0.902. The van der Waals surface area contributed by atoms with Gasteiger partial charge in [-0.1, -0.05) is 33.1 Å². The van der Waals surface area contributed by atoms with E-state index in [0.717, 1.165) is 18.8 Å². The Bertz CT molecular complexity index is 174. The summed E-state index contributed by atoms with van der Waals surface area (Å²) in [5, 5.41) is 3.54. The highest BCUT2D eigenvalue weighted by Crippen LogP contribution is 2.23. The Morgan fingerprint density at radius 2 is 2.00 bits per heavy atom. The van der Waals surface area contributed by atoms with Gasteiger partial charge in [0.15, 0.2) is 0 Å². The minimum Gasteiger partial charge on any atom is -0.328 e. The Kier molecular flexibility index (Phi) is 6.32. The van der Waals surface area contributed by atoms with Gasteiger partial charge in [-0.3, -0.25) is 5.32 Å². The van der Waals surface area contributed by atoms with Crippen molar-refractivity contribution in [2.75, 3.05) is 0 Å². The van der Waals surface area contributed by atoms with Crippen molar-refractivity contribution in [3.8, 4) is 0 Å². The first-order chi connectivity index (χ1) is 7.61. The summed E-state index contributed by atoms with van der Waals surface area (Å²) < 4.78 is 0. The summed E-state index contributed by atoms with van der Waals surface area (Å²) in [4.78, 5) is 0. The molecule has 0 aromatic rings. The van der Waals surface area contributed by atoms with E-state index in [1.807, 2.05) is 0 Å². The van der Waals surface area contributed by atoms with Crippen LogP contribution in [0.1, 0.15) is 58.8 Å². The second kappa shape index (κ2) is 7.25. The minimum atomic E-state index is 0.161. The lowest BCUT2D eigenvalue weighted by atomic mass is 9.84. The highest BCUT2D eigenvalue weighted by molar-refractivity contribution is 4.84. The molecule has 5 N–H and O–H groups in total. The van der Waals surface area contributed by atoms with Crippen molar-refractivity contribution < 1.29 is 0 Å². The molecular weight excluding hydrogens is 198 g/mol. The van der Waals surface area contributed by atoms with Crippen LogP contribution in [0.5, 0.6) is 0 Å². The molecule has 0 aromatic carbocycles. The average Bonchev–Trinajstić information content (AvgIpc) is 2.16. The molecule has 0 heterocycles. The lowest BCUT2D eigenvalue weighted by molar-refractivity contribution is 0.252. The Morgan fingerprint density at radius 3 is 2.62 bits per heavy atom. The van der Waals surface area contributed by atoms with Gasteiger partial charge < -0.3 is 11.5 Å². The van der Waals surface area contributed by atoms with Gasteiger partial charge in [-0.05, 0) is 31.6 Å². The third kappa shape index (κ3) is 5.28. The highest BCUT2D eigenvalue weighted by Gasteiger charge is 2.24. The van der Waals surface area contributed by atoms with Crippen molar-refractivity contribution in [1.29, 1.82) is 0 Å². The number of hydrogen-bond donors (Lipinski definition) is 3. The molecule has 1 aliphatic rings. The van der Waals surface area contributed by atoms with Crippen molar-refractivity contribution >= 4 is 0 Å². The maximum atomic E-state index is 6.08. The van der Waals surface area contributed by atoms with E-state index >= 15 is 0 Å². The van der Waals surface area contributed by atoms with E-state index in [-0.39, 0.29) is 6.17 Å².